The maximum Gasteiger partial charge on any atom is 0.401 e. The fourth-order valence-electron chi connectivity index (χ4n) is 2.09. The van der Waals surface area contributed by atoms with Crippen LogP contribution in [0.3, 0.4) is 0 Å². The first kappa shape index (κ1) is 13.0. The molecule has 0 aromatic heterocycles. The Bertz CT molecular complexity index is 215. The highest BCUT2D eigenvalue weighted by Gasteiger charge is 2.41. The third kappa shape index (κ3) is 3.21. The largest absolute Gasteiger partial charge is 0.401 e. The highest BCUT2D eigenvalue weighted by molar-refractivity contribution is 5.85. The van der Waals surface area contributed by atoms with Crippen LogP contribution in [0.15, 0.2) is 0 Å². The molecule has 15 heavy (non-hydrogen) atoms. The maximum absolute atomic E-state index is 12.2. The molecular weight excluding hydrogens is 233 g/mol. The van der Waals surface area contributed by atoms with Gasteiger partial charge >= 0.3 is 6.18 Å². The summed E-state index contributed by atoms with van der Waals surface area (Å²) in [4.78, 5) is 1.47. The van der Waals surface area contributed by atoms with Crippen molar-refractivity contribution in [1.29, 1.82) is 0 Å². The van der Waals surface area contributed by atoms with Gasteiger partial charge in [-0.2, -0.15) is 13.2 Å². The lowest BCUT2D eigenvalue weighted by molar-refractivity contribution is -0.166. The highest BCUT2D eigenvalue weighted by atomic mass is 35.5. The summed E-state index contributed by atoms with van der Waals surface area (Å²) in [6, 6.07) is -0.106. The van der Waals surface area contributed by atoms with Crippen LogP contribution >= 0.6 is 12.4 Å². The van der Waals surface area contributed by atoms with E-state index in [1.807, 2.05) is 0 Å². The standard InChI is InChI=1S/C8H13F3N2O.ClH/c9-8(10,11)5-13-1-2-14-7-4-12-3-6(7)13;/h6-7,12H,1-5H2;1H/t6-,7-;/m1./s1. The summed E-state index contributed by atoms with van der Waals surface area (Å²) in [6.45, 7) is 1.22. The van der Waals surface area contributed by atoms with E-state index in [0.29, 0.717) is 26.2 Å². The third-order valence-electron chi connectivity index (χ3n) is 2.69. The molecule has 2 atom stereocenters. The van der Waals surface area contributed by atoms with Gasteiger partial charge in [0.2, 0.25) is 0 Å². The van der Waals surface area contributed by atoms with Gasteiger partial charge in [-0.05, 0) is 0 Å². The first-order valence-corrected chi connectivity index (χ1v) is 4.69. The molecule has 0 aliphatic carbocycles. The van der Waals surface area contributed by atoms with Crippen molar-refractivity contribution in [2.75, 3.05) is 32.8 Å². The van der Waals surface area contributed by atoms with Crippen LogP contribution < -0.4 is 5.32 Å². The van der Waals surface area contributed by atoms with E-state index in [0.717, 1.165) is 0 Å². The lowest BCUT2D eigenvalue weighted by Crippen LogP contribution is -2.53. The van der Waals surface area contributed by atoms with Gasteiger partial charge in [0.25, 0.3) is 0 Å². The van der Waals surface area contributed by atoms with E-state index < -0.39 is 12.7 Å². The Kier molecular flexibility index (Phi) is 4.22. The predicted octanol–water partition coefficient (Wildman–Crippen LogP) is 0.643. The van der Waals surface area contributed by atoms with Crippen molar-refractivity contribution < 1.29 is 17.9 Å². The molecule has 2 saturated heterocycles. The molecule has 0 bridgehead atoms. The van der Waals surface area contributed by atoms with Gasteiger partial charge in [0, 0.05) is 25.7 Å². The minimum Gasteiger partial charge on any atom is -0.374 e. The summed E-state index contributed by atoms with van der Waals surface area (Å²) >= 11 is 0. The second kappa shape index (κ2) is 4.86. The first-order valence-electron chi connectivity index (χ1n) is 4.69. The average molecular weight is 247 g/mol. The SMILES string of the molecule is Cl.FC(F)(F)CN1CCO[C@@H]2CNC[C@H]21. The number of morpholine rings is 1. The lowest BCUT2D eigenvalue weighted by atomic mass is 10.1. The van der Waals surface area contributed by atoms with E-state index >= 15 is 0 Å². The van der Waals surface area contributed by atoms with Crippen LogP contribution in [0.4, 0.5) is 13.2 Å². The van der Waals surface area contributed by atoms with Gasteiger partial charge in [-0.25, -0.2) is 0 Å². The van der Waals surface area contributed by atoms with Crippen LogP contribution in [0.25, 0.3) is 0 Å². The third-order valence-corrected chi connectivity index (χ3v) is 2.69. The van der Waals surface area contributed by atoms with Crippen LogP contribution in [0.2, 0.25) is 0 Å². The Morgan fingerprint density at radius 1 is 1.33 bits per heavy atom. The number of alkyl halides is 3. The van der Waals surface area contributed by atoms with Gasteiger partial charge in [0.1, 0.15) is 0 Å². The Balaban J connectivity index is 0.00000112. The number of ether oxygens (including phenoxy) is 1. The molecule has 0 aromatic carbocycles. The highest BCUT2D eigenvalue weighted by Crippen LogP contribution is 2.23. The number of fused-ring (bicyclic) bond motifs is 1. The number of hydrogen-bond acceptors (Lipinski definition) is 3. The van der Waals surface area contributed by atoms with Gasteiger partial charge in [-0.3, -0.25) is 4.90 Å². The normalized spacial score (nSPS) is 32.2. The summed E-state index contributed by atoms with van der Waals surface area (Å²) in [5.41, 5.74) is 0. The molecule has 2 rings (SSSR count). The van der Waals surface area contributed by atoms with Crippen LogP contribution in [-0.2, 0) is 4.74 Å². The van der Waals surface area contributed by atoms with Gasteiger partial charge in [0.05, 0.1) is 19.3 Å². The van der Waals surface area contributed by atoms with Crippen LogP contribution in [0.1, 0.15) is 0 Å². The minimum atomic E-state index is -4.11. The van der Waals surface area contributed by atoms with Gasteiger partial charge in [0.15, 0.2) is 0 Å². The first-order chi connectivity index (χ1) is 6.56. The Labute approximate surface area is 92.4 Å². The molecule has 2 aliphatic heterocycles. The quantitative estimate of drug-likeness (QED) is 0.735. The van der Waals surface area contributed by atoms with E-state index in [2.05, 4.69) is 5.32 Å². The minimum absolute atomic E-state index is 0. The summed E-state index contributed by atoms with van der Waals surface area (Å²) in [6.07, 6.45) is -4.17. The number of halogens is 4. The van der Waals surface area contributed by atoms with Crippen LogP contribution in [0, 0.1) is 0 Å². The molecule has 2 heterocycles. The van der Waals surface area contributed by atoms with Crippen molar-refractivity contribution in [2.45, 2.75) is 18.3 Å². The van der Waals surface area contributed by atoms with Crippen LogP contribution in [0.5, 0.6) is 0 Å². The number of nitrogens with zero attached hydrogens (tertiary/aromatic N) is 1. The maximum atomic E-state index is 12.2. The van der Waals surface area contributed by atoms with E-state index in [1.165, 1.54) is 4.90 Å². The average Bonchev–Trinajstić information content (AvgIpc) is 2.49. The monoisotopic (exact) mass is 246 g/mol. The lowest BCUT2D eigenvalue weighted by Gasteiger charge is -2.37. The summed E-state index contributed by atoms with van der Waals surface area (Å²) in [5.74, 6) is 0. The van der Waals surface area contributed by atoms with Crippen LogP contribution in [-0.4, -0.2) is 56.0 Å². The molecule has 90 valence electrons. The van der Waals surface area contributed by atoms with Gasteiger partial charge < -0.3 is 10.1 Å². The second-order valence-electron chi connectivity index (χ2n) is 3.72. The van der Waals surface area contributed by atoms with Crippen molar-refractivity contribution in [3.05, 3.63) is 0 Å². The predicted molar refractivity (Wildman–Crippen MR) is 51.3 cm³/mol. The summed E-state index contributed by atoms with van der Waals surface area (Å²) < 4.78 is 42.0. The van der Waals surface area contributed by atoms with Crippen molar-refractivity contribution in [2.24, 2.45) is 0 Å². The molecule has 7 heteroatoms. The summed E-state index contributed by atoms with van der Waals surface area (Å²) in [7, 11) is 0. The molecule has 2 fully saturated rings. The Morgan fingerprint density at radius 2 is 2.07 bits per heavy atom. The van der Waals surface area contributed by atoms with Gasteiger partial charge in [-0.1, -0.05) is 0 Å². The Hall–Kier alpha value is -0.0400. The van der Waals surface area contributed by atoms with E-state index in [1.54, 1.807) is 0 Å². The molecule has 3 nitrogen and oxygen atoms in total. The van der Waals surface area contributed by atoms with E-state index in [4.69, 9.17) is 4.74 Å². The van der Waals surface area contributed by atoms with Crippen molar-refractivity contribution in [3.63, 3.8) is 0 Å². The molecule has 0 aromatic rings. The second-order valence-corrected chi connectivity index (χ2v) is 3.72. The van der Waals surface area contributed by atoms with E-state index in [-0.39, 0.29) is 24.6 Å². The molecule has 0 radical (unpaired) electrons. The fourth-order valence-corrected chi connectivity index (χ4v) is 2.09. The molecule has 0 saturated carbocycles. The van der Waals surface area contributed by atoms with Gasteiger partial charge in [-0.15, -0.1) is 12.4 Å². The zero-order valence-electron chi connectivity index (χ0n) is 8.09. The smallest absolute Gasteiger partial charge is 0.374 e. The summed E-state index contributed by atoms with van der Waals surface area (Å²) in [5, 5.41) is 3.05. The topological polar surface area (TPSA) is 24.5 Å². The molecule has 1 N–H and O–H groups in total. The molecule has 0 spiro atoms. The molecule has 0 unspecified atom stereocenters. The fraction of sp³-hybridized carbons (Fsp3) is 1.00. The number of hydrogen-bond donors (Lipinski definition) is 1. The van der Waals surface area contributed by atoms with Crippen molar-refractivity contribution in [1.82, 2.24) is 10.2 Å². The van der Waals surface area contributed by atoms with E-state index in [9.17, 15) is 13.2 Å². The zero-order valence-corrected chi connectivity index (χ0v) is 8.90. The number of rotatable bonds is 1. The zero-order chi connectivity index (χ0) is 10.2. The molecule has 2 aliphatic rings. The van der Waals surface area contributed by atoms with Crippen molar-refractivity contribution >= 4 is 12.4 Å². The Morgan fingerprint density at radius 3 is 2.73 bits per heavy atom. The number of nitrogens with one attached hydrogen (secondary N) is 1. The van der Waals surface area contributed by atoms with Crippen molar-refractivity contribution in [3.8, 4) is 0 Å². The molecule has 0 amide bonds. The molecular formula is C8H14ClF3N2O.